The van der Waals surface area contributed by atoms with Crippen LogP contribution in [0.2, 0.25) is 0 Å². The van der Waals surface area contributed by atoms with Gasteiger partial charge in [0.05, 0.1) is 5.75 Å². The van der Waals surface area contributed by atoms with Crippen LogP contribution in [0.15, 0.2) is 5.16 Å². The molecule has 1 aromatic heterocycles. The van der Waals surface area contributed by atoms with E-state index in [2.05, 4.69) is 25.4 Å². The molecule has 1 heterocycles. The molecular formula is C15H25N5O2S. The van der Waals surface area contributed by atoms with E-state index in [0.717, 1.165) is 30.2 Å². The molecule has 2 rings (SSSR count). The first-order valence-corrected chi connectivity index (χ1v) is 9.22. The molecule has 23 heavy (non-hydrogen) atoms. The Labute approximate surface area is 141 Å². The van der Waals surface area contributed by atoms with Crippen LogP contribution in [0.3, 0.4) is 0 Å². The Morgan fingerprint density at radius 3 is 2.70 bits per heavy atom. The summed E-state index contributed by atoms with van der Waals surface area (Å²) in [6, 6.07) is -0.0143. The van der Waals surface area contributed by atoms with E-state index < -0.39 is 6.03 Å². The topological polar surface area (TPSA) is 88.9 Å². The minimum Gasteiger partial charge on any atom is -0.338 e. The molecule has 1 aliphatic carbocycles. The second-order valence-electron chi connectivity index (χ2n) is 5.78. The minimum atomic E-state index is -0.442. The number of nitrogens with one attached hydrogen (secondary N) is 2. The van der Waals surface area contributed by atoms with Crippen LogP contribution < -0.4 is 10.6 Å². The number of hydrogen-bond donors (Lipinski definition) is 2. The number of rotatable bonds is 6. The van der Waals surface area contributed by atoms with Crippen molar-refractivity contribution >= 4 is 23.7 Å². The summed E-state index contributed by atoms with van der Waals surface area (Å²) in [4.78, 5) is 23.3. The second-order valence-corrected chi connectivity index (χ2v) is 6.73. The van der Waals surface area contributed by atoms with Crippen molar-refractivity contribution in [2.24, 2.45) is 0 Å². The Hall–Kier alpha value is -1.57. The molecule has 1 aromatic rings. The number of carbonyl (C=O) groups excluding carboxylic acids is 2. The molecule has 1 saturated carbocycles. The van der Waals surface area contributed by atoms with Crippen molar-refractivity contribution in [1.82, 2.24) is 25.4 Å². The van der Waals surface area contributed by atoms with Crippen molar-refractivity contribution in [1.29, 1.82) is 0 Å². The normalized spacial score (nSPS) is 15.4. The van der Waals surface area contributed by atoms with Gasteiger partial charge in [-0.1, -0.05) is 37.9 Å². The summed E-state index contributed by atoms with van der Waals surface area (Å²) in [5, 5.41) is 14.0. The summed E-state index contributed by atoms with van der Waals surface area (Å²) in [6.07, 6.45) is 6.85. The van der Waals surface area contributed by atoms with E-state index in [9.17, 15) is 9.59 Å². The molecule has 0 spiro atoms. The minimum absolute atomic E-state index is 0.157. The fraction of sp³-hybridized carbons (Fsp3) is 0.733. The molecule has 2 N–H and O–H groups in total. The zero-order valence-electron chi connectivity index (χ0n) is 13.8. The second kappa shape index (κ2) is 8.90. The molecule has 128 valence electrons. The van der Waals surface area contributed by atoms with Crippen molar-refractivity contribution in [2.45, 2.75) is 63.6 Å². The number of imide groups is 1. The average Bonchev–Trinajstić information content (AvgIpc) is 2.92. The van der Waals surface area contributed by atoms with Gasteiger partial charge in [-0.15, -0.1) is 10.2 Å². The quantitative estimate of drug-likeness (QED) is 0.777. The van der Waals surface area contributed by atoms with E-state index in [0.29, 0.717) is 12.6 Å². The molecule has 0 aromatic carbocycles. The lowest BCUT2D eigenvalue weighted by molar-refractivity contribution is -0.117. The molecule has 0 saturated heterocycles. The maximum absolute atomic E-state index is 11.8. The summed E-state index contributed by atoms with van der Waals surface area (Å²) in [5.41, 5.74) is 0. The van der Waals surface area contributed by atoms with Crippen LogP contribution in [0.5, 0.6) is 0 Å². The lowest BCUT2D eigenvalue weighted by atomic mass is 9.95. The van der Waals surface area contributed by atoms with Crippen molar-refractivity contribution in [3.8, 4) is 0 Å². The van der Waals surface area contributed by atoms with Gasteiger partial charge in [-0.05, 0) is 26.2 Å². The van der Waals surface area contributed by atoms with Crippen LogP contribution >= 0.6 is 11.8 Å². The molecule has 0 aliphatic heterocycles. The number of aromatic nitrogens is 3. The fourth-order valence-corrected chi connectivity index (χ4v) is 3.63. The smallest absolute Gasteiger partial charge is 0.321 e. The van der Waals surface area contributed by atoms with Gasteiger partial charge >= 0.3 is 6.03 Å². The number of amides is 3. The molecule has 0 radical (unpaired) electrons. The number of urea groups is 1. The highest BCUT2D eigenvalue weighted by Crippen LogP contribution is 2.32. The number of nitrogens with zero attached hydrogens (tertiary/aromatic N) is 3. The van der Waals surface area contributed by atoms with Crippen molar-refractivity contribution in [3.05, 3.63) is 5.82 Å². The molecular weight excluding hydrogens is 314 g/mol. The number of thioether (sulfide) groups is 1. The van der Waals surface area contributed by atoms with Crippen LogP contribution in [-0.2, 0) is 4.79 Å². The largest absolute Gasteiger partial charge is 0.338 e. The maximum Gasteiger partial charge on any atom is 0.321 e. The Morgan fingerprint density at radius 2 is 2.00 bits per heavy atom. The van der Waals surface area contributed by atoms with Gasteiger partial charge < -0.3 is 9.88 Å². The van der Waals surface area contributed by atoms with Crippen LogP contribution in [0, 0.1) is 6.92 Å². The molecule has 3 amide bonds. The van der Waals surface area contributed by atoms with Gasteiger partial charge in [0.15, 0.2) is 5.16 Å². The summed E-state index contributed by atoms with van der Waals surface area (Å²) in [5.74, 6) is 0.727. The molecule has 1 aliphatic rings. The van der Waals surface area contributed by atoms with Gasteiger partial charge in [-0.3, -0.25) is 10.1 Å². The number of hydrogen-bond acceptors (Lipinski definition) is 5. The first kappa shape index (κ1) is 17.8. The van der Waals surface area contributed by atoms with Crippen LogP contribution in [0.1, 0.15) is 57.3 Å². The van der Waals surface area contributed by atoms with Gasteiger partial charge in [0, 0.05) is 12.6 Å². The monoisotopic (exact) mass is 339 g/mol. The Balaban J connectivity index is 1.88. The third-order valence-corrected chi connectivity index (χ3v) is 4.84. The SMILES string of the molecule is CCCNC(=O)NC(=O)CSc1nnc(C)n1C1CCCCC1. The Kier molecular flexibility index (Phi) is 6.88. The summed E-state index contributed by atoms with van der Waals surface area (Å²) in [7, 11) is 0. The predicted molar refractivity (Wildman–Crippen MR) is 89.4 cm³/mol. The van der Waals surface area contributed by atoms with E-state index in [-0.39, 0.29) is 11.7 Å². The van der Waals surface area contributed by atoms with E-state index in [1.54, 1.807) is 0 Å². The van der Waals surface area contributed by atoms with Crippen LogP contribution in [-0.4, -0.2) is 39.0 Å². The summed E-state index contributed by atoms with van der Waals surface area (Å²) < 4.78 is 2.15. The van der Waals surface area contributed by atoms with E-state index in [1.807, 2.05) is 13.8 Å². The van der Waals surface area contributed by atoms with E-state index >= 15 is 0 Å². The zero-order chi connectivity index (χ0) is 16.7. The maximum atomic E-state index is 11.8. The first-order valence-electron chi connectivity index (χ1n) is 8.23. The van der Waals surface area contributed by atoms with E-state index in [4.69, 9.17) is 0 Å². The summed E-state index contributed by atoms with van der Waals surface area (Å²) >= 11 is 1.33. The summed E-state index contributed by atoms with van der Waals surface area (Å²) in [6.45, 7) is 4.46. The highest BCUT2D eigenvalue weighted by Gasteiger charge is 2.21. The predicted octanol–water partition coefficient (Wildman–Crippen LogP) is 2.42. The lowest BCUT2D eigenvalue weighted by Gasteiger charge is -2.24. The number of carbonyl (C=O) groups is 2. The molecule has 0 bridgehead atoms. The molecule has 0 atom stereocenters. The van der Waals surface area contributed by atoms with Crippen molar-refractivity contribution in [2.75, 3.05) is 12.3 Å². The average molecular weight is 339 g/mol. The van der Waals surface area contributed by atoms with Crippen LogP contribution in [0.4, 0.5) is 4.79 Å². The van der Waals surface area contributed by atoms with Gasteiger partial charge in [0.25, 0.3) is 0 Å². The van der Waals surface area contributed by atoms with Crippen LogP contribution in [0.25, 0.3) is 0 Å². The number of aryl methyl sites for hydroxylation is 1. The molecule has 1 fully saturated rings. The first-order chi connectivity index (χ1) is 11.1. The van der Waals surface area contributed by atoms with Crippen molar-refractivity contribution < 1.29 is 9.59 Å². The Bertz CT molecular complexity index is 540. The molecule has 8 heteroatoms. The fourth-order valence-electron chi connectivity index (χ4n) is 2.78. The van der Waals surface area contributed by atoms with Crippen molar-refractivity contribution in [3.63, 3.8) is 0 Å². The highest BCUT2D eigenvalue weighted by atomic mass is 32.2. The molecule has 0 unspecified atom stereocenters. The van der Waals surface area contributed by atoms with Gasteiger partial charge in [-0.2, -0.15) is 0 Å². The van der Waals surface area contributed by atoms with Gasteiger partial charge in [-0.25, -0.2) is 4.79 Å². The highest BCUT2D eigenvalue weighted by molar-refractivity contribution is 7.99. The van der Waals surface area contributed by atoms with Gasteiger partial charge in [0.1, 0.15) is 5.82 Å². The Morgan fingerprint density at radius 1 is 1.26 bits per heavy atom. The standard InChI is InChI=1S/C15H25N5O2S/c1-3-9-16-14(22)17-13(21)10-23-15-19-18-11(2)20(15)12-7-5-4-6-8-12/h12H,3-10H2,1-2H3,(H2,16,17,21,22). The lowest BCUT2D eigenvalue weighted by Crippen LogP contribution is -2.40. The third-order valence-electron chi connectivity index (χ3n) is 3.90. The molecule has 7 nitrogen and oxygen atoms in total. The van der Waals surface area contributed by atoms with E-state index in [1.165, 1.54) is 31.0 Å². The zero-order valence-corrected chi connectivity index (χ0v) is 14.6. The third kappa shape index (κ3) is 5.23. The van der Waals surface area contributed by atoms with Gasteiger partial charge in [0.2, 0.25) is 5.91 Å².